The predicted molar refractivity (Wildman–Crippen MR) is 209 cm³/mol. The Kier molecular flexibility index (Phi) is 5.63. The second kappa shape index (κ2) is 10.4. The van der Waals surface area contributed by atoms with Crippen LogP contribution in [0.5, 0.6) is 0 Å². The lowest BCUT2D eigenvalue weighted by Gasteiger charge is -2.14. The fourth-order valence-corrected chi connectivity index (χ4v) is 8.01. The van der Waals surface area contributed by atoms with Crippen LogP contribution in [0, 0.1) is 0 Å². The van der Waals surface area contributed by atoms with Crippen LogP contribution in [0.1, 0.15) is 0 Å². The van der Waals surface area contributed by atoms with E-state index in [1.54, 1.807) is 0 Å². The number of rotatable bonds is 3. The third kappa shape index (κ3) is 3.87. The molecule has 0 aliphatic heterocycles. The van der Waals surface area contributed by atoms with Gasteiger partial charge in [0.05, 0.1) is 33.1 Å². The minimum Gasteiger partial charge on any atom is -0.309 e. The van der Waals surface area contributed by atoms with Crippen LogP contribution < -0.4 is 0 Å². The molecule has 3 aromatic heterocycles. The summed E-state index contributed by atoms with van der Waals surface area (Å²) in [5.41, 5.74) is 9.35. The Morgan fingerprint density at radius 1 is 0.360 bits per heavy atom. The number of hydrogen-bond acceptors (Lipinski definition) is 2. The van der Waals surface area contributed by atoms with Gasteiger partial charge in [0, 0.05) is 32.8 Å². The highest BCUT2D eigenvalue weighted by Gasteiger charge is 2.22. The Hall–Kier alpha value is -6.78. The average Bonchev–Trinajstić information content (AvgIpc) is 3.68. The standard InChI is InChI=1S/C46H28N4/c1-2-15-33(16-3-1)49-41-25-24-30-13-6-7-17-34(30)44(41)37-28-42-36(27-43(37)49)35-18-8-11-21-40(35)50(42)46-45(47-38-19-9-10-20-39(38)48-46)32-23-22-29-12-4-5-14-31(29)26-32/h1-28H. The molecule has 4 heteroatoms. The topological polar surface area (TPSA) is 35.6 Å². The molecular formula is C46H28N4. The first kappa shape index (κ1) is 27.2. The summed E-state index contributed by atoms with van der Waals surface area (Å²) in [5.74, 6) is 0.821. The van der Waals surface area contributed by atoms with Gasteiger partial charge in [-0.3, -0.25) is 4.57 Å². The molecule has 3 heterocycles. The lowest BCUT2D eigenvalue weighted by molar-refractivity contribution is 1.08. The molecule has 50 heavy (non-hydrogen) atoms. The van der Waals surface area contributed by atoms with Crippen LogP contribution in [-0.2, 0) is 0 Å². The van der Waals surface area contributed by atoms with Crippen molar-refractivity contribution in [1.29, 1.82) is 0 Å². The Bertz CT molecular complexity index is 3150. The summed E-state index contributed by atoms with van der Waals surface area (Å²) in [6, 6.07) is 60.7. The van der Waals surface area contributed by atoms with E-state index in [0.29, 0.717) is 0 Å². The number of para-hydroxylation sites is 4. The number of hydrogen-bond donors (Lipinski definition) is 0. The fourth-order valence-electron chi connectivity index (χ4n) is 8.01. The van der Waals surface area contributed by atoms with Crippen LogP contribution in [0.25, 0.3) is 99.0 Å². The highest BCUT2D eigenvalue weighted by atomic mass is 15.1. The summed E-state index contributed by atoms with van der Waals surface area (Å²) in [7, 11) is 0. The smallest absolute Gasteiger partial charge is 0.165 e. The van der Waals surface area contributed by atoms with E-state index >= 15 is 0 Å². The third-order valence-corrected chi connectivity index (χ3v) is 10.2. The second-order valence-corrected chi connectivity index (χ2v) is 13.0. The second-order valence-electron chi connectivity index (χ2n) is 13.0. The van der Waals surface area contributed by atoms with Crippen LogP contribution in [-0.4, -0.2) is 19.1 Å². The molecule has 11 rings (SSSR count). The van der Waals surface area contributed by atoms with Crippen molar-refractivity contribution in [3.63, 3.8) is 0 Å². The quantitative estimate of drug-likeness (QED) is 0.193. The normalized spacial score (nSPS) is 12.0. The molecule has 8 aromatic carbocycles. The van der Waals surface area contributed by atoms with Gasteiger partial charge in [-0.1, -0.05) is 115 Å². The van der Waals surface area contributed by atoms with Gasteiger partial charge in [-0.2, -0.15) is 0 Å². The monoisotopic (exact) mass is 636 g/mol. The molecule has 0 atom stereocenters. The molecule has 0 aliphatic rings. The van der Waals surface area contributed by atoms with E-state index in [4.69, 9.17) is 9.97 Å². The van der Waals surface area contributed by atoms with Gasteiger partial charge in [-0.05, 0) is 76.1 Å². The zero-order valence-electron chi connectivity index (χ0n) is 27.0. The lowest BCUT2D eigenvalue weighted by atomic mass is 10.0. The van der Waals surface area contributed by atoms with Crippen molar-refractivity contribution < 1.29 is 0 Å². The SMILES string of the molecule is c1ccc(-n2c3cc4c5ccccc5n(-c5nc6ccccc6nc5-c5ccc6ccccc6c5)c4cc3c3c4ccccc4ccc32)cc1. The van der Waals surface area contributed by atoms with Crippen molar-refractivity contribution in [3.05, 3.63) is 170 Å². The summed E-state index contributed by atoms with van der Waals surface area (Å²) in [5, 5.41) is 9.66. The molecule has 0 N–H and O–H groups in total. The van der Waals surface area contributed by atoms with Crippen molar-refractivity contribution in [1.82, 2.24) is 19.1 Å². The first-order valence-electron chi connectivity index (χ1n) is 17.0. The molecule has 4 nitrogen and oxygen atoms in total. The number of benzene rings is 8. The molecule has 0 saturated heterocycles. The van der Waals surface area contributed by atoms with Crippen LogP contribution >= 0.6 is 0 Å². The number of nitrogens with zero attached hydrogens (tertiary/aromatic N) is 4. The Labute approximate surface area is 287 Å². The van der Waals surface area contributed by atoms with E-state index in [0.717, 1.165) is 44.8 Å². The maximum atomic E-state index is 5.41. The Morgan fingerprint density at radius 2 is 1.00 bits per heavy atom. The highest BCUT2D eigenvalue weighted by molar-refractivity contribution is 6.25. The zero-order chi connectivity index (χ0) is 32.8. The Balaban J connectivity index is 1.31. The minimum atomic E-state index is 0.821. The minimum absolute atomic E-state index is 0.821. The van der Waals surface area contributed by atoms with Gasteiger partial charge in [-0.25, -0.2) is 9.97 Å². The summed E-state index contributed by atoms with van der Waals surface area (Å²) < 4.78 is 4.75. The van der Waals surface area contributed by atoms with E-state index in [1.165, 1.54) is 54.1 Å². The van der Waals surface area contributed by atoms with Crippen molar-refractivity contribution in [3.8, 4) is 22.8 Å². The molecule has 0 saturated carbocycles. The summed E-state index contributed by atoms with van der Waals surface area (Å²) >= 11 is 0. The van der Waals surface area contributed by atoms with Gasteiger partial charge in [0.15, 0.2) is 5.82 Å². The number of fused-ring (bicyclic) bond motifs is 10. The molecule has 0 aliphatic carbocycles. The van der Waals surface area contributed by atoms with Gasteiger partial charge < -0.3 is 4.57 Å². The predicted octanol–water partition coefficient (Wildman–Crippen LogP) is 11.8. The van der Waals surface area contributed by atoms with Crippen molar-refractivity contribution in [2.75, 3.05) is 0 Å². The fraction of sp³-hybridized carbons (Fsp3) is 0. The molecule has 232 valence electrons. The molecule has 0 fully saturated rings. The van der Waals surface area contributed by atoms with Crippen molar-refractivity contribution in [2.24, 2.45) is 0 Å². The van der Waals surface area contributed by atoms with E-state index in [-0.39, 0.29) is 0 Å². The average molecular weight is 637 g/mol. The maximum Gasteiger partial charge on any atom is 0.165 e. The third-order valence-electron chi connectivity index (χ3n) is 10.2. The van der Waals surface area contributed by atoms with Crippen molar-refractivity contribution in [2.45, 2.75) is 0 Å². The van der Waals surface area contributed by atoms with Gasteiger partial charge in [-0.15, -0.1) is 0 Å². The van der Waals surface area contributed by atoms with Gasteiger partial charge in [0.25, 0.3) is 0 Å². The van der Waals surface area contributed by atoms with Crippen LogP contribution in [0.15, 0.2) is 170 Å². The molecule has 0 amide bonds. The molecule has 0 radical (unpaired) electrons. The molecule has 0 spiro atoms. The van der Waals surface area contributed by atoms with Gasteiger partial charge in [0.1, 0.15) is 5.69 Å². The Morgan fingerprint density at radius 3 is 1.86 bits per heavy atom. The van der Waals surface area contributed by atoms with E-state index in [2.05, 4.69) is 167 Å². The molecule has 0 unspecified atom stereocenters. The largest absolute Gasteiger partial charge is 0.309 e. The maximum absolute atomic E-state index is 5.41. The van der Waals surface area contributed by atoms with Gasteiger partial charge in [0.2, 0.25) is 0 Å². The van der Waals surface area contributed by atoms with Crippen molar-refractivity contribution >= 4 is 76.2 Å². The first-order chi connectivity index (χ1) is 24.8. The zero-order valence-corrected chi connectivity index (χ0v) is 27.0. The summed E-state index contributed by atoms with van der Waals surface area (Å²) in [6.07, 6.45) is 0. The molecular weight excluding hydrogens is 609 g/mol. The lowest BCUT2D eigenvalue weighted by Crippen LogP contribution is -2.03. The first-order valence-corrected chi connectivity index (χ1v) is 17.0. The van der Waals surface area contributed by atoms with Crippen LogP contribution in [0.2, 0.25) is 0 Å². The van der Waals surface area contributed by atoms with E-state index < -0.39 is 0 Å². The summed E-state index contributed by atoms with van der Waals surface area (Å²) in [4.78, 5) is 10.7. The van der Waals surface area contributed by atoms with E-state index in [9.17, 15) is 0 Å². The van der Waals surface area contributed by atoms with Gasteiger partial charge >= 0.3 is 0 Å². The van der Waals surface area contributed by atoms with E-state index in [1.807, 2.05) is 12.1 Å². The van der Waals surface area contributed by atoms with Crippen LogP contribution in [0.3, 0.4) is 0 Å². The molecule has 0 bridgehead atoms. The number of aromatic nitrogens is 4. The van der Waals surface area contributed by atoms with Crippen LogP contribution in [0.4, 0.5) is 0 Å². The highest BCUT2D eigenvalue weighted by Crippen LogP contribution is 2.42. The molecule has 11 aromatic rings. The summed E-state index contributed by atoms with van der Waals surface area (Å²) in [6.45, 7) is 0.